The predicted octanol–water partition coefficient (Wildman–Crippen LogP) is 0.846. The van der Waals surface area contributed by atoms with Gasteiger partial charge in [-0.3, -0.25) is 19.3 Å². The second kappa shape index (κ2) is 10.0. The molecule has 12 heteroatoms. The van der Waals surface area contributed by atoms with Gasteiger partial charge in [-0.1, -0.05) is 19.9 Å². The summed E-state index contributed by atoms with van der Waals surface area (Å²) < 4.78 is 5.14. The standard InChI is InChI=1S/C27H33N3O9/c1-11(2)10-39-26(37)29-9-12-5-6-16(31)18-14(12)7-13-8-15-20(30(3)4)22(33)19(25(28)36)24(35)27(15,38)23(34)17(13)21(18)32/h5-6,11,13,15,20,31-32,35,38H,7-10H2,1-4H3,(H2,28,36)(H,29,37)/t13-,15-,20-,27-/m0/s1. The number of likely N-dealkylation sites (N-methyl/N-ethyl adjacent to an activating group) is 1. The van der Waals surface area contributed by atoms with E-state index in [4.69, 9.17) is 10.5 Å². The number of phenols is 1. The zero-order valence-corrected chi connectivity index (χ0v) is 22.1. The van der Waals surface area contributed by atoms with Gasteiger partial charge in [0.15, 0.2) is 11.4 Å². The maximum Gasteiger partial charge on any atom is 0.407 e. The van der Waals surface area contributed by atoms with Crippen LogP contribution in [0.15, 0.2) is 29.0 Å². The number of hydrogen-bond acceptors (Lipinski definition) is 10. The molecule has 4 atom stereocenters. The molecule has 0 aliphatic heterocycles. The van der Waals surface area contributed by atoms with Gasteiger partial charge in [-0.15, -0.1) is 0 Å². The van der Waals surface area contributed by atoms with Gasteiger partial charge < -0.3 is 36.2 Å². The smallest absolute Gasteiger partial charge is 0.407 e. The third-order valence-electron chi connectivity index (χ3n) is 7.67. The molecule has 39 heavy (non-hydrogen) atoms. The van der Waals surface area contributed by atoms with Gasteiger partial charge in [0, 0.05) is 18.0 Å². The highest BCUT2D eigenvalue weighted by Crippen LogP contribution is 2.52. The van der Waals surface area contributed by atoms with Crippen LogP contribution in [-0.4, -0.2) is 81.2 Å². The number of fused-ring (bicyclic) bond motifs is 3. The van der Waals surface area contributed by atoms with E-state index in [2.05, 4.69) is 5.32 Å². The Labute approximate surface area is 224 Å². The van der Waals surface area contributed by atoms with Gasteiger partial charge in [0.2, 0.25) is 5.78 Å². The number of benzene rings is 1. The van der Waals surface area contributed by atoms with Gasteiger partial charge in [-0.05, 0) is 56.0 Å². The molecule has 0 spiro atoms. The van der Waals surface area contributed by atoms with Crippen LogP contribution >= 0.6 is 0 Å². The van der Waals surface area contributed by atoms with Gasteiger partial charge in [-0.2, -0.15) is 0 Å². The number of nitrogens with zero attached hydrogens (tertiary/aromatic N) is 1. The number of Topliss-reactive ketones (excluding diaryl/α,β-unsaturated/α-hetero) is 2. The molecular formula is C27H33N3O9. The number of aliphatic hydroxyl groups is 3. The number of aromatic hydroxyl groups is 1. The normalized spacial score (nSPS) is 26.4. The van der Waals surface area contributed by atoms with E-state index >= 15 is 0 Å². The van der Waals surface area contributed by atoms with Crippen molar-refractivity contribution in [2.75, 3.05) is 20.7 Å². The van der Waals surface area contributed by atoms with Crippen LogP contribution < -0.4 is 11.1 Å². The predicted molar refractivity (Wildman–Crippen MR) is 137 cm³/mol. The molecule has 1 fully saturated rings. The Morgan fingerprint density at radius 2 is 1.87 bits per heavy atom. The average molecular weight is 544 g/mol. The molecule has 0 aromatic heterocycles. The van der Waals surface area contributed by atoms with Crippen LogP contribution in [0.3, 0.4) is 0 Å². The second-order valence-corrected chi connectivity index (χ2v) is 10.9. The largest absolute Gasteiger partial charge is 0.508 e. The van der Waals surface area contributed by atoms with Crippen molar-refractivity contribution >= 4 is 29.3 Å². The van der Waals surface area contributed by atoms with Crippen molar-refractivity contribution in [3.63, 3.8) is 0 Å². The Kier molecular flexibility index (Phi) is 7.21. The monoisotopic (exact) mass is 543 g/mol. The third kappa shape index (κ3) is 4.43. The summed E-state index contributed by atoms with van der Waals surface area (Å²) in [6, 6.07) is 1.72. The molecule has 0 unspecified atom stereocenters. The molecule has 2 amide bonds. The molecule has 4 rings (SSSR count). The van der Waals surface area contributed by atoms with E-state index in [1.807, 2.05) is 13.8 Å². The third-order valence-corrected chi connectivity index (χ3v) is 7.67. The number of phenolic OH excluding ortho intramolecular Hbond substituents is 1. The summed E-state index contributed by atoms with van der Waals surface area (Å²) >= 11 is 0. The Bertz CT molecular complexity index is 1330. The van der Waals surface area contributed by atoms with Crippen molar-refractivity contribution in [1.29, 1.82) is 0 Å². The summed E-state index contributed by atoms with van der Waals surface area (Å²) in [5.41, 5.74) is 2.53. The molecule has 3 aliphatic carbocycles. The number of ether oxygens (including phenoxy) is 1. The van der Waals surface area contributed by atoms with E-state index in [0.717, 1.165) is 0 Å². The van der Waals surface area contributed by atoms with E-state index in [0.29, 0.717) is 11.1 Å². The van der Waals surface area contributed by atoms with Crippen molar-refractivity contribution in [3.05, 3.63) is 45.7 Å². The van der Waals surface area contributed by atoms with Crippen LogP contribution in [0.2, 0.25) is 0 Å². The second-order valence-electron chi connectivity index (χ2n) is 10.9. The minimum absolute atomic E-state index is 0.0144. The number of nitrogens with one attached hydrogen (secondary N) is 1. The summed E-state index contributed by atoms with van der Waals surface area (Å²) in [6.45, 7) is 4.04. The maximum atomic E-state index is 13.8. The van der Waals surface area contributed by atoms with Crippen LogP contribution in [-0.2, 0) is 32.1 Å². The van der Waals surface area contributed by atoms with Crippen molar-refractivity contribution < 1.29 is 44.3 Å². The Balaban J connectivity index is 1.79. The molecule has 0 saturated heterocycles. The lowest BCUT2D eigenvalue weighted by molar-refractivity contribution is -0.153. The highest BCUT2D eigenvalue weighted by atomic mass is 16.5. The van der Waals surface area contributed by atoms with Crippen LogP contribution in [0.4, 0.5) is 4.79 Å². The summed E-state index contributed by atoms with van der Waals surface area (Å²) in [4.78, 5) is 52.6. The summed E-state index contributed by atoms with van der Waals surface area (Å²) in [5, 5.41) is 47.0. The molecule has 7 N–H and O–H groups in total. The zero-order valence-electron chi connectivity index (χ0n) is 22.1. The molecule has 0 radical (unpaired) electrons. The first-order valence-electron chi connectivity index (χ1n) is 12.6. The number of aliphatic hydroxyl groups excluding tert-OH is 2. The Hall–Kier alpha value is -3.90. The van der Waals surface area contributed by atoms with Gasteiger partial charge >= 0.3 is 6.09 Å². The highest BCUT2D eigenvalue weighted by molar-refractivity contribution is 6.24. The van der Waals surface area contributed by atoms with E-state index in [1.165, 1.54) is 25.1 Å². The average Bonchev–Trinajstić information content (AvgIpc) is 2.84. The molecule has 3 aliphatic rings. The van der Waals surface area contributed by atoms with E-state index in [-0.39, 0.29) is 48.8 Å². The fraction of sp³-hybridized carbons (Fsp3) is 0.481. The lowest BCUT2D eigenvalue weighted by Crippen LogP contribution is -2.65. The molecular weight excluding hydrogens is 510 g/mol. The number of nitrogens with two attached hydrogens (primary N) is 1. The molecule has 1 saturated carbocycles. The fourth-order valence-corrected chi connectivity index (χ4v) is 5.93. The van der Waals surface area contributed by atoms with Gasteiger partial charge in [0.05, 0.1) is 18.2 Å². The lowest BCUT2D eigenvalue weighted by atomic mass is 9.57. The van der Waals surface area contributed by atoms with Crippen LogP contribution in [0.25, 0.3) is 5.76 Å². The first-order chi connectivity index (χ1) is 18.2. The van der Waals surface area contributed by atoms with Crippen LogP contribution in [0.1, 0.15) is 37.0 Å². The van der Waals surface area contributed by atoms with Crippen molar-refractivity contribution in [1.82, 2.24) is 10.2 Å². The number of carbonyl (C=O) groups excluding carboxylic acids is 4. The zero-order chi connectivity index (χ0) is 29.0. The van der Waals surface area contributed by atoms with Gasteiger partial charge in [-0.25, -0.2) is 4.79 Å². The van der Waals surface area contributed by atoms with Crippen molar-refractivity contribution in [3.8, 4) is 5.75 Å². The topological polar surface area (TPSA) is 200 Å². The molecule has 1 aromatic carbocycles. The number of ketones is 2. The van der Waals surface area contributed by atoms with Crippen molar-refractivity contribution in [2.45, 2.75) is 44.9 Å². The molecule has 12 nitrogen and oxygen atoms in total. The van der Waals surface area contributed by atoms with E-state index in [1.54, 1.807) is 6.07 Å². The van der Waals surface area contributed by atoms with Gasteiger partial charge in [0.25, 0.3) is 5.91 Å². The first-order valence-corrected chi connectivity index (χ1v) is 12.6. The Morgan fingerprint density at radius 1 is 1.21 bits per heavy atom. The number of carbonyl (C=O) groups is 4. The first kappa shape index (κ1) is 28.1. The lowest BCUT2D eigenvalue weighted by Gasteiger charge is -2.50. The quantitative estimate of drug-likeness (QED) is 0.279. The molecule has 0 bridgehead atoms. The number of alkyl carbamates (subject to hydrolysis) is 1. The summed E-state index contributed by atoms with van der Waals surface area (Å²) in [7, 11) is 3.07. The number of rotatable bonds is 6. The highest BCUT2D eigenvalue weighted by Gasteiger charge is 2.64. The van der Waals surface area contributed by atoms with Gasteiger partial charge in [0.1, 0.15) is 22.8 Å². The summed E-state index contributed by atoms with van der Waals surface area (Å²) in [6.07, 6.45) is -0.534. The SMILES string of the molecule is CC(C)COC(=O)NCc1ccc(O)c2c1C[C@H]1C[C@H]3[C@H](N(C)C)C(=O)C(C(N)=O)=C(O)[C@@]3(O)C(=O)C1=C2O. The Morgan fingerprint density at radius 3 is 2.46 bits per heavy atom. The molecule has 210 valence electrons. The van der Waals surface area contributed by atoms with Crippen LogP contribution in [0.5, 0.6) is 5.75 Å². The number of amides is 2. The number of primary amides is 1. The number of hydrogen-bond donors (Lipinski definition) is 6. The maximum absolute atomic E-state index is 13.8. The van der Waals surface area contributed by atoms with E-state index in [9.17, 15) is 39.6 Å². The minimum atomic E-state index is -2.69. The van der Waals surface area contributed by atoms with Crippen molar-refractivity contribution in [2.24, 2.45) is 23.5 Å². The molecule has 1 aromatic rings. The minimum Gasteiger partial charge on any atom is -0.508 e. The van der Waals surface area contributed by atoms with E-state index < -0.39 is 64.1 Å². The summed E-state index contributed by atoms with van der Waals surface area (Å²) in [5.74, 6) is -6.97. The fourth-order valence-electron chi connectivity index (χ4n) is 5.93. The molecule has 0 heterocycles. The van der Waals surface area contributed by atoms with Crippen LogP contribution in [0, 0.1) is 17.8 Å².